The molecule has 184 valence electrons. The molecule has 0 spiro atoms. The first-order valence-corrected chi connectivity index (χ1v) is 13.3. The number of aromatic nitrogens is 3. The first-order valence-electron chi connectivity index (χ1n) is 12.3. The van der Waals surface area contributed by atoms with Crippen LogP contribution < -0.4 is 5.32 Å². The Morgan fingerprint density at radius 3 is 2.51 bits per heavy atom. The topological polar surface area (TPSA) is 80.1 Å². The lowest BCUT2D eigenvalue weighted by atomic mass is 10.0. The minimum atomic E-state index is -0.0958. The molecule has 0 unspecified atom stereocenters. The molecule has 1 aliphatic rings. The summed E-state index contributed by atoms with van der Waals surface area (Å²) < 4.78 is 2.00. The Balaban J connectivity index is 1.31. The van der Waals surface area contributed by atoms with Crippen LogP contribution >= 0.6 is 11.8 Å². The molecular formula is C27H33N5O2S. The number of nitrogens with zero attached hydrogens (tertiary/aromatic N) is 4. The van der Waals surface area contributed by atoms with Crippen LogP contribution in [0.4, 0.5) is 0 Å². The maximum Gasteiger partial charge on any atom is 0.230 e. The predicted molar refractivity (Wildman–Crippen MR) is 139 cm³/mol. The number of hydrogen-bond donors (Lipinski definition) is 1. The third-order valence-corrected chi connectivity index (χ3v) is 7.31. The summed E-state index contributed by atoms with van der Waals surface area (Å²) in [4.78, 5) is 26.9. The summed E-state index contributed by atoms with van der Waals surface area (Å²) in [6.07, 6.45) is 3.69. The normalized spacial score (nSPS) is 15.0. The summed E-state index contributed by atoms with van der Waals surface area (Å²) >= 11 is 1.38. The van der Waals surface area contributed by atoms with Gasteiger partial charge < -0.3 is 14.8 Å². The van der Waals surface area contributed by atoms with Gasteiger partial charge in [0.2, 0.25) is 11.8 Å². The van der Waals surface area contributed by atoms with Gasteiger partial charge in [-0.2, -0.15) is 0 Å². The van der Waals surface area contributed by atoms with Crippen LogP contribution in [0.2, 0.25) is 0 Å². The highest BCUT2D eigenvalue weighted by Crippen LogP contribution is 2.23. The van der Waals surface area contributed by atoms with Gasteiger partial charge >= 0.3 is 0 Å². The monoisotopic (exact) mass is 491 g/mol. The molecular weight excluding hydrogens is 458 g/mol. The number of benzene rings is 2. The van der Waals surface area contributed by atoms with Crippen molar-refractivity contribution < 1.29 is 9.59 Å². The van der Waals surface area contributed by atoms with E-state index >= 15 is 0 Å². The fourth-order valence-electron chi connectivity index (χ4n) is 4.33. The second kappa shape index (κ2) is 12.0. The zero-order valence-electron chi connectivity index (χ0n) is 20.4. The van der Waals surface area contributed by atoms with Crippen LogP contribution in [0.15, 0.2) is 59.8 Å². The Morgan fingerprint density at radius 2 is 1.77 bits per heavy atom. The van der Waals surface area contributed by atoms with Gasteiger partial charge in [0.05, 0.1) is 18.3 Å². The molecule has 2 heterocycles. The average Bonchev–Trinajstić information content (AvgIpc) is 3.16. The summed E-state index contributed by atoms with van der Waals surface area (Å²) in [7, 11) is 0. The number of rotatable bonds is 9. The van der Waals surface area contributed by atoms with Gasteiger partial charge in [0.15, 0.2) is 11.0 Å². The van der Waals surface area contributed by atoms with Crippen molar-refractivity contribution in [3.05, 3.63) is 66.0 Å². The summed E-state index contributed by atoms with van der Waals surface area (Å²) in [6.45, 7) is 5.96. The highest BCUT2D eigenvalue weighted by atomic mass is 32.2. The minimum absolute atomic E-state index is 0.0514. The number of amides is 2. The highest BCUT2D eigenvalue weighted by Gasteiger charge is 2.21. The van der Waals surface area contributed by atoms with Crippen LogP contribution in [-0.2, 0) is 22.7 Å². The second-order valence-electron chi connectivity index (χ2n) is 8.83. The Bertz CT molecular complexity index is 1130. The fraction of sp³-hybridized carbons (Fsp3) is 0.407. The number of likely N-dealkylation sites (tertiary alicyclic amines) is 1. The number of hydrogen-bond acceptors (Lipinski definition) is 5. The van der Waals surface area contributed by atoms with Crippen LogP contribution in [-0.4, -0.2) is 43.8 Å². The van der Waals surface area contributed by atoms with Crippen LogP contribution in [0.3, 0.4) is 0 Å². The molecule has 1 saturated heterocycles. The Kier molecular flexibility index (Phi) is 8.58. The molecule has 1 fully saturated rings. The van der Waals surface area contributed by atoms with Crippen LogP contribution in [0.25, 0.3) is 11.1 Å². The molecule has 2 amide bonds. The Hall–Kier alpha value is -3.13. The van der Waals surface area contributed by atoms with E-state index in [1.165, 1.54) is 17.3 Å². The lowest BCUT2D eigenvalue weighted by Gasteiger charge is -2.20. The van der Waals surface area contributed by atoms with Crippen molar-refractivity contribution in [3.8, 4) is 11.1 Å². The first kappa shape index (κ1) is 25.0. The first-order chi connectivity index (χ1) is 17.0. The number of carbonyl (C=O) groups excluding carboxylic acids is 2. The molecule has 0 saturated carbocycles. The highest BCUT2D eigenvalue weighted by molar-refractivity contribution is 7.99. The predicted octanol–water partition coefficient (Wildman–Crippen LogP) is 4.84. The van der Waals surface area contributed by atoms with Gasteiger partial charge in [0, 0.05) is 19.5 Å². The molecule has 35 heavy (non-hydrogen) atoms. The molecule has 0 bridgehead atoms. The standard InChI is InChI=1S/C27H33N5O2S/c1-3-32-24(18-31-17-9-5-8-12-26(31)34)29-30-27(32)35-19-25(33)28-20(2)21-13-15-23(16-14-21)22-10-6-4-7-11-22/h4,6-7,10-11,13-16,20H,3,5,8-9,12,17-19H2,1-2H3,(H,28,33)/t20-/m0/s1. The van der Waals surface area contributed by atoms with Crippen molar-refractivity contribution in [2.75, 3.05) is 12.3 Å². The third kappa shape index (κ3) is 6.51. The van der Waals surface area contributed by atoms with Crippen molar-refractivity contribution in [1.29, 1.82) is 0 Å². The summed E-state index contributed by atoms with van der Waals surface area (Å²) in [5.74, 6) is 1.17. The zero-order chi connectivity index (χ0) is 24.6. The lowest BCUT2D eigenvalue weighted by molar-refractivity contribution is -0.131. The molecule has 2 aromatic carbocycles. The minimum Gasteiger partial charge on any atom is -0.349 e. The van der Waals surface area contributed by atoms with E-state index in [9.17, 15) is 9.59 Å². The number of nitrogens with one attached hydrogen (secondary N) is 1. The molecule has 4 rings (SSSR count). The molecule has 1 aromatic heterocycles. The number of thioether (sulfide) groups is 1. The van der Waals surface area contributed by atoms with Gasteiger partial charge in [-0.25, -0.2) is 0 Å². The third-order valence-electron chi connectivity index (χ3n) is 6.34. The van der Waals surface area contributed by atoms with E-state index in [0.29, 0.717) is 24.7 Å². The maximum atomic E-state index is 12.7. The van der Waals surface area contributed by atoms with Gasteiger partial charge in [-0.3, -0.25) is 9.59 Å². The fourth-order valence-corrected chi connectivity index (χ4v) is 5.16. The maximum absolute atomic E-state index is 12.7. The molecule has 0 aliphatic carbocycles. The second-order valence-corrected chi connectivity index (χ2v) is 9.78. The van der Waals surface area contributed by atoms with Crippen LogP contribution in [0.1, 0.15) is 57.0 Å². The summed E-state index contributed by atoms with van der Waals surface area (Å²) in [5.41, 5.74) is 3.39. The Labute approximate surface area is 211 Å². The smallest absolute Gasteiger partial charge is 0.230 e. The molecule has 3 aromatic rings. The average molecular weight is 492 g/mol. The zero-order valence-corrected chi connectivity index (χ0v) is 21.3. The molecule has 1 atom stereocenters. The van der Waals surface area contributed by atoms with Crippen LogP contribution in [0.5, 0.6) is 0 Å². The van der Waals surface area contributed by atoms with E-state index in [1.807, 2.05) is 41.5 Å². The molecule has 1 N–H and O–H groups in total. The summed E-state index contributed by atoms with van der Waals surface area (Å²) in [5, 5.41) is 12.4. The van der Waals surface area contributed by atoms with E-state index < -0.39 is 0 Å². The van der Waals surface area contributed by atoms with E-state index in [0.717, 1.165) is 42.8 Å². The molecule has 7 nitrogen and oxygen atoms in total. The SMILES string of the molecule is CCn1c(CN2CCCCCC2=O)nnc1SCC(=O)N[C@@H](C)c1ccc(-c2ccccc2)cc1. The van der Waals surface area contributed by atoms with Crippen molar-refractivity contribution in [2.45, 2.75) is 63.8 Å². The van der Waals surface area contributed by atoms with Crippen molar-refractivity contribution in [1.82, 2.24) is 25.0 Å². The summed E-state index contributed by atoms with van der Waals surface area (Å²) in [6, 6.07) is 18.4. The lowest BCUT2D eigenvalue weighted by Crippen LogP contribution is -2.31. The number of carbonyl (C=O) groups is 2. The van der Waals surface area contributed by atoms with Crippen molar-refractivity contribution in [2.24, 2.45) is 0 Å². The molecule has 1 aliphatic heterocycles. The van der Waals surface area contributed by atoms with Gasteiger partial charge in [-0.1, -0.05) is 72.8 Å². The van der Waals surface area contributed by atoms with E-state index in [4.69, 9.17) is 0 Å². The van der Waals surface area contributed by atoms with Crippen molar-refractivity contribution in [3.63, 3.8) is 0 Å². The quantitative estimate of drug-likeness (QED) is 0.434. The van der Waals surface area contributed by atoms with Crippen LogP contribution in [0, 0.1) is 0 Å². The van der Waals surface area contributed by atoms with Gasteiger partial charge in [-0.15, -0.1) is 10.2 Å². The Morgan fingerprint density at radius 1 is 1.03 bits per heavy atom. The van der Waals surface area contributed by atoms with Crippen molar-refractivity contribution >= 4 is 23.6 Å². The van der Waals surface area contributed by atoms with Gasteiger partial charge in [0.25, 0.3) is 0 Å². The molecule has 0 radical (unpaired) electrons. The van der Waals surface area contributed by atoms with Gasteiger partial charge in [-0.05, 0) is 43.4 Å². The van der Waals surface area contributed by atoms with E-state index in [1.54, 1.807) is 0 Å². The molecule has 8 heteroatoms. The largest absolute Gasteiger partial charge is 0.349 e. The van der Waals surface area contributed by atoms with E-state index in [-0.39, 0.29) is 23.6 Å². The van der Waals surface area contributed by atoms with E-state index in [2.05, 4.69) is 51.9 Å². The van der Waals surface area contributed by atoms with Gasteiger partial charge in [0.1, 0.15) is 0 Å².